The Labute approximate surface area is 89.0 Å². The van der Waals surface area contributed by atoms with Crippen molar-refractivity contribution in [2.75, 3.05) is 33.2 Å². The number of hydrogen-bond acceptors (Lipinski definition) is 3. The summed E-state index contributed by atoms with van der Waals surface area (Å²) in [5.41, 5.74) is 0.321. The van der Waals surface area contributed by atoms with Gasteiger partial charge in [0.15, 0.2) is 0 Å². The summed E-state index contributed by atoms with van der Waals surface area (Å²) >= 11 is 0. The third kappa shape index (κ3) is 3.36. The number of amides is 1. The summed E-state index contributed by atoms with van der Waals surface area (Å²) in [6.45, 7) is 3.96. The second-order valence-electron chi connectivity index (χ2n) is 3.74. The summed E-state index contributed by atoms with van der Waals surface area (Å²) in [5.74, 6) is -0.821. The third-order valence-electron chi connectivity index (χ3n) is 2.53. The predicted octanol–water partition coefficient (Wildman–Crippen LogP) is -0.209. The molecule has 1 saturated heterocycles. The summed E-state index contributed by atoms with van der Waals surface area (Å²) in [7, 11) is 1.78. The first-order valence-electron chi connectivity index (χ1n) is 4.87. The van der Waals surface area contributed by atoms with Crippen LogP contribution in [0.2, 0.25) is 0 Å². The lowest BCUT2D eigenvalue weighted by Crippen LogP contribution is -2.48. The minimum Gasteiger partial charge on any atom is -0.478 e. The number of hydrogen-bond donors (Lipinski definition) is 1. The molecule has 0 aromatic rings. The summed E-state index contributed by atoms with van der Waals surface area (Å²) < 4.78 is 0. The van der Waals surface area contributed by atoms with Crippen LogP contribution in [0.1, 0.15) is 6.92 Å². The van der Waals surface area contributed by atoms with Gasteiger partial charge in [-0.3, -0.25) is 9.69 Å². The van der Waals surface area contributed by atoms with E-state index in [0.717, 1.165) is 6.54 Å². The van der Waals surface area contributed by atoms with E-state index in [4.69, 9.17) is 5.11 Å². The Bertz CT molecular complexity index is 299. The van der Waals surface area contributed by atoms with E-state index in [1.165, 1.54) is 0 Å². The van der Waals surface area contributed by atoms with Crippen molar-refractivity contribution in [3.05, 3.63) is 11.6 Å². The summed E-state index contributed by atoms with van der Waals surface area (Å²) in [5, 5.41) is 8.64. The van der Waals surface area contributed by atoms with Crippen molar-refractivity contribution in [2.45, 2.75) is 6.92 Å². The highest BCUT2D eigenvalue weighted by Gasteiger charge is 2.19. The van der Waals surface area contributed by atoms with E-state index in [-0.39, 0.29) is 5.91 Å². The Hall–Kier alpha value is -1.36. The molecule has 1 rings (SSSR count). The number of carbonyl (C=O) groups is 2. The molecule has 84 valence electrons. The Morgan fingerprint density at radius 3 is 2.73 bits per heavy atom. The highest BCUT2D eigenvalue weighted by Crippen LogP contribution is 2.02. The van der Waals surface area contributed by atoms with Crippen LogP contribution in [0.5, 0.6) is 0 Å². The normalized spacial score (nSPS) is 19.5. The van der Waals surface area contributed by atoms with E-state index < -0.39 is 5.97 Å². The molecule has 1 aliphatic rings. The molecule has 0 saturated carbocycles. The Morgan fingerprint density at radius 1 is 1.53 bits per heavy atom. The van der Waals surface area contributed by atoms with Crippen LogP contribution >= 0.6 is 0 Å². The molecule has 1 fully saturated rings. The Balaban J connectivity index is 2.44. The maximum absolute atomic E-state index is 11.3. The number of carboxylic acid groups (broad SMARTS) is 1. The lowest BCUT2D eigenvalue weighted by Gasteiger charge is -2.31. The van der Waals surface area contributed by atoms with Crippen LogP contribution in [0, 0.1) is 0 Å². The van der Waals surface area contributed by atoms with Gasteiger partial charge in [0.05, 0.1) is 6.54 Å². The van der Waals surface area contributed by atoms with E-state index in [9.17, 15) is 9.59 Å². The fourth-order valence-electron chi connectivity index (χ4n) is 1.32. The molecule has 0 radical (unpaired) electrons. The lowest BCUT2D eigenvalue weighted by molar-refractivity contribution is -0.134. The third-order valence-corrected chi connectivity index (χ3v) is 2.53. The fraction of sp³-hybridized carbons (Fsp3) is 0.600. The van der Waals surface area contributed by atoms with Crippen LogP contribution in [0.4, 0.5) is 0 Å². The molecule has 1 amide bonds. The minimum absolute atomic E-state index is 0.0858. The van der Waals surface area contributed by atoms with Crippen molar-refractivity contribution >= 4 is 11.9 Å². The quantitative estimate of drug-likeness (QED) is 0.658. The summed E-state index contributed by atoms with van der Waals surface area (Å²) in [6, 6.07) is 0. The first-order valence-corrected chi connectivity index (χ1v) is 4.87. The molecule has 0 unspecified atom stereocenters. The first-order chi connectivity index (χ1) is 7.00. The second kappa shape index (κ2) is 4.93. The van der Waals surface area contributed by atoms with Gasteiger partial charge in [0.1, 0.15) is 0 Å². The molecule has 1 heterocycles. The average molecular weight is 212 g/mol. The molecule has 5 nitrogen and oxygen atoms in total. The smallest absolute Gasteiger partial charge is 0.330 e. The molecule has 1 aliphatic heterocycles. The first kappa shape index (κ1) is 11.7. The zero-order valence-electron chi connectivity index (χ0n) is 9.06. The molecule has 0 spiro atoms. The van der Waals surface area contributed by atoms with Crippen LogP contribution < -0.4 is 0 Å². The number of likely N-dealkylation sites (N-methyl/N-ethyl adjacent to an activating group) is 1. The van der Waals surface area contributed by atoms with Gasteiger partial charge in [0, 0.05) is 32.3 Å². The molecule has 0 aliphatic carbocycles. The number of carboxylic acids is 1. The lowest BCUT2D eigenvalue weighted by atomic mass is 10.2. The van der Waals surface area contributed by atoms with Gasteiger partial charge in [0.25, 0.3) is 0 Å². The van der Waals surface area contributed by atoms with Crippen molar-refractivity contribution in [3.63, 3.8) is 0 Å². The van der Waals surface area contributed by atoms with Crippen molar-refractivity contribution in [2.24, 2.45) is 0 Å². The monoisotopic (exact) mass is 212 g/mol. The standard InChI is InChI=1S/C10H16N2O3/c1-8(10(14)15)3-4-12-6-5-11(2)9(13)7-12/h3H,4-7H2,1-2H3,(H,14,15). The van der Waals surface area contributed by atoms with E-state index in [1.54, 1.807) is 24.9 Å². The molecule has 1 N–H and O–H groups in total. The predicted molar refractivity (Wildman–Crippen MR) is 55.5 cm³/mol. The fourth-order valence-corrected chi connectivity index (χ4v) is 1.32. The van der Waals surface area contributed by atoms with E-state index in [0.29, 0.717) is 25.2 Å². The van der Waals surface area contributed by atoms with Gasteiger partial charge in [0.2, 0.25) is 5.91 Å². The average Bonchev–Trinajstić information content (AvgIpc) is 2.19. The SMILES string of the molecule is CC(=CCN1CCN(C)C(=O)C1)C(=O)O. The van der Waals surface area contributed by atoms with Crippen molar-refractivity contribution in [3.8, 4) is 0 Å². The van der Waals surface area contributed by atoms with Gasteiger partial charge in [-0.05, 0) is 6.92 Å². The molecule has 0 atom stereocenters. The van der Waals surface area contributed by atoms with Crippen LogP contribution in [0.3, 0.4) is 0 Å². The maximum Gasteiger partial charge on any atom is 0.330 e. The zero-order chi connectivity index (χ0) is 11.4. The highest BCUT2D eigenvalue weighted by molar-refractivity contribution is 5.85. The maximum atomic E-state index is 11.3. The van der Waals surface area contributed by atoms with Gasteiger partial charge >= 0.3 is 5.97 Å². The summed E-state index contributed by atoms with van der Waals surface area (Å²) in [4.78, 5) is 25.5. The van der Waals surface area contributed by atoms with Crippen molar-refractivity contribution < 1.29 is 14.7 Å². The Morgan fingerprint density at radius 2 is 2.20 bits per heavy atom. The second-order valence-corrected chi connectivity index (χ2v) is 3.74. The van der Waals surface area contributed by atoms with E-state index in [2.05, 4.69) is 0 Å². The van der Waals surface area contributed by atoms with Crippen molar-refractivity contribution in [1.82, 2.24) is 9.80 Å². The number of nitrogens with zero attached hydrogens (tertiary/aromatic N) is 2. The number of aliphatic carboxylic acids is 1. The number of rotatable bonds is 3. The number of piperazine rings is 1. The van der Waals surface area contributed by atoms with Crippen LogP contribution in [0.25, 0.3) is 0 Å². The van der Waals surface area contributed by atoms with Gasteiger partial charge < -0.3 is 10.0 Å². The number of carbonyl (C=O) groups excluding carboxylic acids is 1. The van der Waals surface area contributed by atoms with E-state index >= 15 is 0 Å². The molecule has 15 heavy (non-hydrogen) atoms. The molecule has 5 heteroatoms. The molecular weight excluding hydrogens is 196 g/mol. The minimum atomic E-state index is -0.907. The van der Waals surface area contributed by atoms with Gasteiger partial charge in [-0.2, -0.15) is 0 Å². The topological polar surface area (TPSA) is 60.9 Å². The molecular formula is C10H16N2O3. The van der Waals surface area contributed by atoms with Gasteiger partial charge in [-0.25, -0.2) is 4.79 Å². The van der Waals surface area contributed by atoms with Gasteiger partial charge in [-0.15, -0.1) is 0 Å². The van der Waals surface area contributed by atoms with Crippen molar-refractivity contribution in [1.29, 1.82) is 0 Å². The molecule has 0 aromatic heterocycles. The Kier molecular flexibility index (Phi) is 3.85. The molecule has 0 aromatic carbocycles. The highest BCUT2D eigenvalue weighted by atomic mass is 16.4. The zero-order valence-corrected chi connectivity index (χ0v) is 9.06. The van der Waals surface area contributed by atoms with Crippen LogP contribution in [0.15, 0.2) is 11.6 Å². The molecule has 0 bridgehead atoms. The van der Waals surface area contributed by atoms with Crippen LogP contribution in [-0.2, 0) is 9.59 Å². The van der Waals surface area contributed by atoms with Crippen LogP contribution in [-0.4, -0.2) is 60.0 Å². The van der Waals surface area contributed by atoms with E-state index in [1.807, 2.05) is 4.90 Å². The van der Waals surface area contributed by atoms with Gasteiger partial charge in [-0.1, -0.05) is 6.08 Å². The largest absolute Gasteiger partial charge is 0.478 e. The summed E-state index contributed by atoms with van der Waals surface area (Å²) in [6.07, 6.45) is 1.64.